The van der Waals surface area contributed by atoms with Crippen LogP contribution in [0.5, 0.6) is 5.75 Å². The van der Waals surface area contributed by atoms with E-state index in [-0.39, 0.29) is 0 Å². The van der Waals surface area contributed by atoms with Crippen LogP contribution in [0, 0.1) is 17.3 Å². The largest absolute Gasteiger partial charge is 0.495 e. The highest BCUT2D eigenvalue weighted by Crippen LogP contribution is 2.59. The Hall–Kier alpha value is -1.48. The van der Waals surface area contributed by atoms with Crippen LogP contribution in [0.25, 0.3) is 0 Å². The minimum absolute atomic E-state index is 0.545. The summed E-state index contributed by atoms with van der Waals surface area (Å²) in [5, 5.41) is 0. The average Bonchev–Trinajstić information content (AvgIpc) is 2.62. The summed E-state index contributed by atoms with van der Waals surface area (Å²) in [7, 11) is 1.76. The summed E-state index contributed by atoms with van der Waals surface area (Å²) in [5.41, 5.74) is 3.50. The minimum atomic E-state index is 0.545. The molecule has 1 saturated heterocycles. The lowest BCUT2D eigenvalue weighted by molar-refractivity contribution is -0.0107. The highest BCUT2D eigenvalue weighted by Gasteiger charge is 2.51. The Bertz CT molecular complexity index is 628. The Morgan fingerprint density at radius 3 is 2.54 bits per heavy atom. The molecule has 1 aliphatic heterocycles. The Morgan fingerprint density at radius 1 is 1.12 bits per heavy atom. The van der Waals surface area contributed by atoms with E-state index in [1.54, 1.807) is 12.7 Å². The summed E-state index contributed by atoms with van der Waals surface area (Å²) in [6.45, 7) is 10.6. The first-order valence-electron chi connectivity index (χ1n) is 9.39. The first kappa shape index (κ1) is 16.0. The molecule has 5 rings (SSSR count). The summed E-state index contributed by atoms with van der Waals surface area (Å²) in [5.74, 6) is 2.76. The number of piperazine rings is 1. The normalized spacial score (nSPS) is 29.0. The van der Waals surface area contributed by atoms with Crippen LogP contribution < -0.4 is 9.64 Å². The Morgan fingerprint density at radius 2 is 1.88 bits per heavy atom. The molecular weight excluding hydrogens is 296 g/mol. The third-order valence-electron chi connectivity index (χ3n) is 6.79. The lowest BCUT2D eigenvalue weighted by Gasteiger charge is -2.57. The fourth-order valence-electron chi connectivity index (χ4n) is 4.95. The molecule has 3 heteroatoms. The molecule has 130 valence electrons. The summed E-state index contributed by atoms with van der Waals surface area (Å²) in [4.78, 5) is 5.11. The van der Waals surface area contributed by atoms with E-state index >= 15 is 0 Å². The summed E-state index contributed by atoms with van der Waals surface area (Å²) >= 11 is 0. The monoisotopic (exact) mass is 326 g/mol. The zero-order valence-electron chi connectivity index (χ0n) is 15.3. The van der Waals surface area contributed by atoms with Crippen LogP contribution in [0.4, 0.5) is 5.69 Å². The predicted octanol–water partition coefficient (Wildman–Crippen LogP) is 3.81. The van der Waals surface area contributed by atoms with Gasteiger partial charge in [0.05, 0.1) is 12.8 Å². The Balaban J connectivity index is 1.36. The first-order chi connectivity index (χ1) is 11.6. The molecule has 3 nitrogen and oxygen atoms in total. The fourth-order valence-corrected chi connectivity index (χ4v) is 4.95. The maximum absolute atomic E-state index is 5.52. The molecule has 24 heavy (non-hydrogen) atoms. The highest BCUT2D eigenvalue weighted by molar-refractivity contribution is 5.58. The van der Waals surface area contributed by atoms with E-state index in [0.29, 0.717) is 5.41 Å². The van der Waals surface area contributed by atoms with Gasteiger partial charge in [0.1, 0.15) is 5.75 Å². The molecule has 0 N–H and O–H groups in total. The number of ether oxygens (including phenoxy) is 1. The number of fused-ring (bicyclic) bond motifs is 1. The zero-order chi connectivity index (χ0) is 16.7. The molecule has 2 unspecified atom stereocenters. The second kappa shape index (κ2) is 6.11. The maximum atomic E-state index is 5.52. The topological polar surface area (TPSA) is 15.7 Å². The quantitative estimate of drug-likeness (QED) is 0.783. The number of para-hydroxylation sites is 2. The summed E-state index contributed by atoms with van der Waals surface area (Å²) in [6, 6.07) is 8.38. The third kappa shape index (κ3) is 2.63. The van der Waals surface area contributed by atoms with E-state index in [1.807, 2.05) is 6.07 Å². The van der Waals surface area contributed by atoms with Gasteiger partial charge in [-0.1, -0.05) is 37.6 Å². The molecule has 1 heterocycles. The fraction of sp³-hybridized carbons (Fsp3) is 0.619. The summed E-state index contributed by atoms with van der Waals surface area (Å²) < 4.78 is 5.52. The van der Waals surface area contributed by atoms with E-state index in [2.05, 4.69) is 47.9 Å². The lowest BCUT2D eigenvalue weighted by atomic mass is 9.49. The van der Waals surface area contributed by atoms with Crippen molar-refractivity contribution in [2.24, 2.45) is 17.3 Å². The lowest BCUT2D eigenvalue weighted by Crippen LogP contribution is -2.52. The van der Waals surface area contributed by atoms with Gasteiger partial charge in [-0.3, -0.25) is 4.90 Å². The number of nitrogens with zero attached hydrogens (tertiary/aromatic N) is 2. The summed E-state index contributed by atoms with van der Waals surface area (Å²) in [6.07, 6.45) is 5.29. The van der Waals surface area contributed by atoms with Gasteiger partial charge in [0.2, 0.25) is 0 Å². The van der Waals surface area contributed by atoms with Crippen molar-refractivity contribution in [2.45, 2.75) is 26.7 Å². The van der Waals surface area contributed by atoms with Gasteiger partial charge in [-0.05, 0) is 42.2 Å². The smallest absolute Gasteiger partial charge is 0.142 e. The van der Waals surface area contributed by atoms with E-state index in [1.165, 1.54) is 25.1 Å². The second-order valence-corrected chi connectivity index (χ2v) is 8.26. The molecule has 4 aliphatic rings. The van der Waals surface area contributed by atoms with Crippen molar-refractivity contribution in [1.82, 2.24) is 4.90 Å². The van der Waals surface area contributed by atoms with Gasteiger partial charge in [0.15, 0.2) is 0 Å². The molecule has 0 spiro atoms. The van der Waals surface area contributed by atoms with Crippen LogP contribution in [0.3, 0.4) is 0 Å². The molecule has 1 aromatic carbocycles. The molecule has 3 aliphatic carbocycles. The van der Waals surface area contributed by atoms with Gasteiger partial charge >= 0.3 is 0 Å². The third-order valence-corrected chi connectivity index (χ3v) is 6.79. The highest BCUT2D eigenvalue weighted by atomic mass is 16.5. The molecule has 1 saturated carbocycles. The van der Waals surface area contributed by atoms with Crippen molar-refractivity contribution in [3.63, 3.8) is 0 Å². The second-order valence-electron chi connectivity index (χ2n) is 8.26. The zero-order valence-corrected chi connectivity index (χ0v) is 15.3. The van der Waals surface area contributed by atoms with Crippen molar-refractivity contribution < 1.29 is 4.74 Å². The van der Waals surface area contributed by atoms with Gasteiger partial charge in [-0.15, -0.1) is 0 Å². The maximum Gasteiger partial charge on any atom is 0.142 e. The molecule has 2 bridgehead atoms. The molecule has 1 aromatic rings. The first-order valence-corrected chi connectivity index (χ1v) is 9.39. The van der Waals surface area contributed by atoms with E-state index in [9.17, 15) is 0 Å². The van der Waals surface area contributed by atoms with Gasteiger partial charge in [0, 0.05) is 32.7 Å². The van der Waals surface area contributed by atoms with Crippen LogP contribution in [-0.2, 0) is 0 Å². The number of hydrogen-bond donors (Lipinski definition) is 0. The van der Waals surface area contributed by atoms with Crippen LogP contribution >= 0.6 is 0 Å². The van der Waals surface area contributed by atoms with Crippen LogP contribution in [0.2, 0.25) is 0 Å². The molecule has 2 fully saturated rings. The average molecular weight is 326 g/mol. The van der Waals surface area contributed by atoms with Crippen LogP contribution in [0.15, 0.2) is 35.9 Å². The van der Waals surface area contributed by atoms with Crippen molar-refractivity contribution in [2.75, 3.05) is 44.7 Å². The SMILES string of the molecule is COc1ccccc1N1CCN(CC2=CCC3CC2C3(C)C)CC1. The standard InChI is InChI=1S/C21H30N2O/c1-21(2)17-9-8-16(18(21)14-17)15-22-10-12-23(13-11-22)19-6-4-5-7-20(19)24-3/h4-8,17-18H,9-15H2,1-3H3. The Kier molecular flexibility index (Phi) is 4.07. The predicted molar refractivity (Wildman–Crippen MR) is 99.7 cm³/mol. The minimum Gasteiger partial charge on any atom is -0.495 e. The van der Waals surface area contributed by atoms with Crippen LogP contribution in [-0.4, -0.2) is 44.7 Å². The number of hydrogen-bond acceptors (Lipinski definition) is 3. The molecule has 2 atom stereocenters. The Labute approximate surface area is 146 Å². The number of rotatable bonds is 4. The van der Waals surface area contributed by atoms with E-state index < -0.39 is 0 Å². The molecule has 0 radical (unpaired) electrons. The van der Waals surface area contributed by atoms with E-state index in [4.69, 9.17) is 4.74 Å². The number of methoxy groups -OCH3 is 1. The van der Waals surface area contributed by atoms with Gasteiger partial charge in [0.25, 0.3) is 0 Å². The van der Waals surface area contributed by atoms with Crippen molar-refractivity contribution in [3.8, 4) is 5.75 Å². The molecule has 0 amide bonds. The number of anilines is 1. The van der Waals surface area contributed by atoms with Gasteiger partial charge in [-0.25, -0.2) is 0 Å². The molecular formula is C21H30N2O. The number of allylic oxidation sites excluding steroid dienone is 1. The molecule has 0 aromatic heterocycles. The van der Waals surface area contributed by atoms with Crippen LogP contribution in [0.1, 0.15) is 26.7 Å². The van der Waals surface area contributed by atoms with Gasteiger partial charge < -0.3 is 9.64 Å². The number of benzene rings is 1. The van der Waals surface area contributed by atoms with Crippen molar-refractivity contribution in [1.29, 1.82) is 0 Å². The van der Waals surface area contributed by atoms with Crippen molar-refractivity contribution >= 4 is 5.69 Å². The van der Waals surface area contributed by atoms with E-state index in [0.717, 1.165) is 43.8 Å². The van der Waals surface area contributed by atoms with Gasteiger partial charge in [-0.2, -0.15) is 0 Å². The van der Waals surface area contributed by atoms with Crippen molar-refractivity contribution in [3.05, 3.63) is 35.9 Å².